The number of carbonyl (C=O) groups is 2. The predicted octanol–water partition coefficient (Wildman–Crippen LogP) is 4.26. The first-order valence-electron chi connectivity index (χ1n) is 12.5. The first-order valence-corrected chi connectivity index (χ1v) is 13.3. The van der Waals surface area contributed by atoms with Crippen molar-refractivity contribution in [2.75, 3.05) is 36.5 Å². The zero-order valence-electron chi connectivity index (χ0n) is 19.6. The van der Waals surface area contributed by atoms with Crippen LogP contribution in [0.3, 0.4) is 0 Å². The number of hydrogen-bond donors (Lipinski definition) is 1. The second-order valence-corrected chi connectivity index (χ2v) is 10.6. The van der Waals surface area contributed by atoms with Gasteiger partial charge in [0.2, 0.25) is 16.9 Å². The molecular weight excluding hydrogens is 462 g/mol. The van der Waals surface area contributed by atoms with Crippen molar-refractivity contribution in [3.05, 3.63) is 34.8 Å². The number of ether oxygens (including phenoxy) is 1. The Morgan fingerprint density at radius 2 is 1.91 bits per heavy atom. The minimum absolute atomic E-state index is 0. The number of anilines is 2. The number of piperidine rings is 1. The molecule has 9 heteroatoms. The third kappa shape index (κ3) is 6.65. The summed E-state index contributed by atoms with van der Waals surface area (Å²) in [5, 5.41) is 12.6. The van der Waals surface area contributed by atoms with E-state index in [0.717, 1.165) is 62.6 Å². The van der Waals surface area contributed by atoms with E-state index in [-0.39, 0.29) is 31.6 Å². The second-order valence-electron chi connectivity index (χ2n) is 9.57. The van der Waals surface area contributed by atoms with E-state index in [1.54, 1.807) is 4.90 Å². The summed E-state index contributed by atoms with van der Waals surface area (Å²) in [6.07, 6.45) is 8.39. The van der Waals surface area contributed by atoms with Crippen LogP contribution in [0, 0.1) is 5.92 Å². The molecule has 1 N–H and O–H groups in total. The molecule has 35 heavy (non-hydrogen) atoms. The van der Waals surface area contributed by atoms with Gasteiger partial charge in [0, 0.05) is 38.2 Å². The van der Waals surface area contributed by atoms with Crippen molar-refractivity contribution in [1.82, 2.24) is 15.1 Å². The average molecular weight is 500 g/mol. The normalized spacial score (nSPS) is 22.9. The maximum absolute atomic E-state index is 12.8. The first kappa shape index (κ1) is 25.7. The summed E-state index contributed by atoms with van der Waals surface area (Å²) in [5.41, 5.74) is 2.12. The van der Waals surface area contributed by atoms with Crippen LogP contribution in [0.1, 0.15) is 62.9 Å². The topological polar surface area (TPSA) is 87.7 Å². The van der Waals surface area contributed by atoms with Crippen LogP contribution in [-0.4, -0.2) is 59.3 Å². The van der Waals surface area contributed by atoms with Gasteiger partial charge in [-0.2, -0.15) is 0 Å². The molecule has 3 aliphatic rings. The highest BCUT2D eigenvalue weighted by Crippen LogP contribution is 2.28. The monoisotopic (exact) mass is 499 g/mol. The molecule has 0 bridgehead atoms. The van der Waals surface area contributed by atoms with Gasteiger partial charge in [0.15, 0.2) is 0 Å². The lowest BCUT2D eigenvalue weighted by Crippen LogP contribution is -2.29. The molecule has 0 spiro atoms. The zero-order chi connectivity index (χ0) is 23.3. The lowest BCUT2D eigenvalue weighted by molar-refractivity contribution is -0.122. The Hall–Kier alpha value is -2.36. The molecule has 1 unspecified atom stereocenters. The molecule has 2 aromatic rings. The highest BCUT2D eigenvalue weighted by Gasteiger charge is 2.35. The van der Waals surface area contributed by atoms with Crippen molar-refractivity contribution in [3.63, 3.8) is 0 Å². The number of benzene rings is 1. The maximum Gasteiger partial charge on any atom is 0.231 e. The molecule has 8 nitrogen and oxygen atoms in total. The average Bonchev–Trinajstić information content (AvgIpc) is 3.61. The number of amides is 2. The summed E-state index contributed by atoms with van der Waals surface area (Å²) in [5.74, 6) is -0.572. The van der Waals surface area contributed by atoms with Crippen LogP contribution in [0.2, 0.25) is 0 Å². The number of carbonyl (C=O) groups excluding carboxylic acids is 2. The van der Waals surface area contributed by atoms with Gasteiger partial charge in [-0.3, -0.25) is 14.5 Å². The molecule has 5 rings (SSSR count). The Morgan fingerprint density at radius 1 is 1.11 bits per heavy atom. The van der Waals surface area contributed by atoms with Gasteiger partial charge < -0.3 is 15.0 Å². The van der Waals surface area contributed by atoms with Gasteiger partial charge in [0.1, 0.15) is 5.01 Å². The molecule has 2 amide bonds. The third-order valence-electron chi connectivity index (χ3n) is 7.00. The van der Waals surface area contributed by atoms with Crippen LogP contribution < -0.4 is 10.2 Å². The van der Waals surface area contributed by atoms with Gasteiger partial charge in [0.05, 0.1) is 12.0 Å². The summed E-state index contributed by atoms with van der Waals surface area (Å²) in [6, 6.07) is 8.21. The standard InChI is InChI=1S/C25H33N5O3S.CH4/c31-23-15-19(24(32)26-25-28-27-22(34-25)11-10-21-5-4-14-33-21)17-30(23)20-8-6-18(7-9-20)16-29-12-2-1-3-13-29;/h6-9,19,21H,1-5,10-17H2,(H,26,28,32);1H4/t19-,21?;/m0./s1. The van der Waals surface area contributed by atoms with E-state index in [9.17, 15) is 9.59 Å². The quantitative estimate of drug-likeness (QED) is 0.584. The summed E-state index contributed by atoms with van der Waals surface area (Å²) in [7, 11) is 0. The molecule has 0 saturated carbocycles. The fourth-order valence-corrected chi connectivity index (χ4v) is 5.82. The van der Waals surface area contributed by atoms with E-state index in [0.29, 0.717) is 17.8 Å². The fraction of sp³-hybridized carbons (Fsp3) is 0.615. The molecule has 0 aliphatic carbocycles. The number of rotatable bonds is 8. The molecule has 3 saturated heterocycles. The van der Waals surface area contributed by atoms with Crippen molar-refractivity contribution in [1.29, 1.82) is 0 Å². The Labute approximate surface area is 212 Å². The summed E-state index contributed by atoms with van der Waals surface area (Å²) in [4.78, 5) is 29.7. The molecule has 1 aromatic carbocycles. The zero-order valence-corrected chi connectivity index (χ0v) is 20.4. The van der Waals surface area contributed by atoms with Crippen molar-refractivity contribution in [3.8, 4) is 0 Å². The molecule has 1 aromatic heterocycles. The molecule has 0 radical (unpaired) electrons. The lowest BCUT2D eigenvalue weighted by Gasteiger charge is -2.26. The van der Waals surface area contributed by atoms with E-state index in [2.05, 4.69) is 32.5 Å². The van der Waals surface area contributed by atoms with Crippen LogP contribution in [0.15, 0.2) is 24.3 Å². The molecule has 2 atom stereocenters. The van der Waals surface area contributed by atoms with Crippen molar-refractivity contribution < 1.29 is 14.3 Å². The molecule has 3 fully saturated rings. The maximum atomic E-state index is 12.8. The Bertz CT molecular complexity index is 983. The summed E-state index contributed by atoms with van der Waals surface area (Å²) < 4.78 is 5.66. The Morgan fingerprint density at radius 3 is 2.66 bits per heavy atom. The minimum atomic E-state index is -0.389. The predicted molar refractivity (Wildman–Crippen MR) is 139 cm³/mol. The lowest BCUT2D eigenvalue weighted by atomic mass is 10.1. The van der Waals surface area contributed by atoms with E-state index in [1.807, 2.05) is 12.1 Å². The molecule has 3 aliphatic heterocycles. The van der Waals surface area contributed by atoms with Gasteiger partial charge >= 0.3 is 0 Å². The summed E-state index contributed by atoms with van der Waals surface area (Å²) >= 11 is 1.40. The van der Waals surface area contributed by atoms with Gasteiger partial charge in [-0.15, -0.1) is 10.2 Å². The van der Waals surface area contributed by atoms with Crippen LogP contribution in [-0.2, 0) is 27.3 Å². The van der Waals surface area contributed by atoms with Crippen LogP contribution >= 0.6 is 11.3 Å². The van der Waals surface area contributed by atoms with Crippen molar-refractivity contribution >= 4 is 34.0 Å². The van der Waals surface area contributed by atoms with E-state index in [4.69, 9.17) is 4.74 Å². The highest BCUT2D eigenvalue weighted by molar-refractivity contribution is 7.15. The minimum Gasteiger partial charge on any atom is -0.378 e. The van der Waals surface area contributed by atoms with Crippen LogP contribution in [0.4, 0.5) is 10.8 Å². The number of aromatic nitrogens is 2. The van der Waals surface area contributed by atoms with E-state index >= 15 is 0 Å². The summed E-state index contributed by atoms with van der Waals surface area (Å²) in [6.45, 7) is 4.52. The van der Waals surface area contributed by atoms with Crippen LogP contribution in [0.25, 0.3) is 0 Å². The molecular formula is C26H37N5O3S. The first-order chi connectivity index (χ1) is 16.6. The number of nitrogens with one attached hydrogen (secondary N) is 1. The molecule has 190 valence electrons. The highest BCUT2D eigenvalue weighted by atomic mass is 32.1. The SMILES string of the molecule is C.O=C(Nc1nnc(CCC2CCCO2)s1)[C@H]1CC(=O)N(c2ccc(CN3CCCCC3)cc2)C1. The number of likely N-dealkylation sites (tertiary alicyclic amines) is 1. The van der Waals surface area contributed by atoms with E-state index < -0.39 is 0 Å². The van der Waals surface area contributed by atoms with Gasteiger partial charge in [-0.1, -0.05) is 37.3 Å². The number of aryl methyl sites for hydroxylation is 1. The van der Waals surface area contributed by atoms with Gasteiger partial charge in [-0.25, -0.2) is 0 Å². The largest absolute Gasteiger partial charge is 0.378 e. The van der Waals surface area contributed by atoms with E-state index in [1.165, 1.54) is 36.2 Å². The van der Waals surface area contributed by atoms with Crippen molar-refractivity contribution in [2.24, 2.45) is 5.92 Å². The van der Waals surface area contributed by atoms with Gasteiger partial charge in [-0.05, 0) is 62.9 Å². The van der Waals surface area contributed by atoms with Gasteiger partial charge in [0.25, 0.3) is 0 Å². The smallest absolute Gasteiger partial charge is 0.231 e. The Kier molecular flexibility index (Phi) is 8.86. The second kappa shape index (κ2) is 12.1. The number of nitrogens with zero attached hydrogens (tertiary/aromatic N) is 4. The Balaban J connectivity index is 0.00000289. The third-order valence-corrected chi connectivity index (χ3v) is 7.90. The number of hydrogen-bond acceptors (Lipinski definition) is 7. The molecule has 4 heterocycles. The fourth-order valence-electron chi connectivity index (χ4n) is 5.06. The van der Waals surface area contributed by atoms with Crippen LogP contribution in [0.5, 0.6) is 0 Å². The van der Waals surface area contributed by atoms with Crippen molar-refractivity contribution in [2.45, 2.75) is 71.4 Å².